The fraction of sp³-hybridized carbons (Fsp3) is 0.778. The van der Waals surface area contributed by atoms with Crippen molar-refractivity contribution >= 4 is 11.3 Å². The molecule has 0 radical (unpaired) electrons. The summed E-state index contributed by atoms with van der Waals surface area (Å²) in [7, 11) is 2.00. The topological polar surface area (TPSA) is 37.8 Å². The number of likely N-dealkylation sites (N-methyl/N-ethyl adjacent to an activating group) is 1. The first-order chi connectivity index (χ1) is 6.04. The van der Waals surface area contributed by atoms with Crippen LogP contribution in [0, 0.1) is 5.41 Å². The van der Waals surface area contributed by atoms with E-state index >= 15 is 0 Å². The second-order valence-electron chi connectivity index (χ2n) is 4.24. The Morgan fingerprint density at radius 3 is 2.62 bits per heavy atom. The van der Waals surface area contributed by atoms with Gasteiger partial charge in [0.1, 0.15) is 10.5 Å². The Balaban J connectivity index is 2.60. The smallest absolute Gasteiger partial charge is 0.118 e. The van der Waals surface area contributed by atoms with E-state index in [0.29, 0.717) is 6.04 Å². The standard InChI is InChI=1S/C9H17N3S/c1-9(2,3)7(10-4)5-8-12-11-6-13-8/h6-7,10H,5H2,1-4H3. The summed E-state index contributed by atoms with van der Waals surface area (Å²) in [6, 6.07) is 0.459. The molecule has 1 aromatic heterocycles. The Bertz CT molecular complexity index is 238. The molecule has 0 amide bonds. The summed E-state index contributed by atoms with van der Waals surface area (Å²) in [6.45, 7) is 6.69. The molecule has 3 nitrogen and oxygen atoms in total. The zero-order valence-corrected chi connectivity index (χ0v) is 9.48. The van der Waals surface area contributed by atoms with Gasteiger partial charge in [-0.05, 0) is 12.5 Å². The molecule has 1 heterocycles. The predicted molar refractivity (Wildman–Crippen MR) is 55.9 cm³/mol. The van der Waals surface area contributed by atoms with Crippen molar-refractivity contribution in [2.45, 2.75) is 33.2 Å². The highest BCUT2D eigenvalue weighted by Crippen LogP contribution is 2.22. The lowest BCUT2D eigenvalue weighted by atomic mass is 9.85. The highest BCUT2D eigenvalue weighted by molar-refractivity contribution is 7.09. The first-order valence-corrected chi connectivity index (χ1v) is 5.34. The normalized spacial score (nSPS) is 14.5. The number of nitrogens with one attached hydrogen (secondary N) is 1. The van der Waals surface area contributed by atoms with E-state index in [1.54, 1.807) is 16.8 Å². The summed E-state index contributed by atoms with van der Waals surface area (Å²) in [5, 5.41) is 12.3. The second kappa shape index (κ2) is 4.15. The summed E-state index contributed by atoms with van der Waals surface area (Å²) in [5.74, 6) is 0. The maximum absolute atomic E-state index is 4.05. The average molecular weight is 199 g/mol. The quantitative estimate of drug-likeness (QED) is 0.805. The van der Waals surface area contributed by atoms with Crippen molar-refractivity contribution in [2.75, 3.05) is 7.05 Å². The van der Waals surface area contributed by atoms with Crippen LogP contribution in [0.25, 0.3) is 0 Å². The molecule has 13 heavy (non-hydrogen) atoms. The lowest BCUT2D eigenvalue weighted by Gasteiger charge is -2.29. The number of rotatable bonds is 3. The van der Waals surface area contributed by atoms with Gasteiger partial charge in [-0.15, -0.1) is 21.5 Å². The largest absolute Gasteiger partial charge is 0.316 e. The fourth-order valence-corrected chi connectivity index (χ4v) is 1.87. The van der Waals surface area contributed by atoms with E-state index in [1.807, 2.05) is 7.05 Å². The molecule has 4 heteroatoms. The van der Waals surface area contributed by atoms with Crippen LogP contribution >= 0.6 is 11.3 Å². The summed E-state index contributed by atoms with van der Waals surface area (Å²) in [5.41, 5.74) is 2.05. The molecule has 0 saturated carbocycles. The Hall–Kier alpha value is -0.480. The van der Waals surface area contributed by atoms with E-state index in [4.69, 9.17) is 0 Å². The summed E-state index contributed by atoms with van der Waals surface area (Å²) in [6.07, 6.45) is 0.963. The maximum atomic E-state index is 4.05. The van der Waals surface area contributed by atoms with Crippen LogP contribution in [0.1, 0.15) is 25.8 Å². The van der Waals surface area contributed by atoms with Crippen LogP contribution in [0.15, 0.2) is 5.51 Å². The Morgan fingerprint density at radius 2 is 2.23 bits per heavy atom. The predicted octanol–water partition coefficient (Wildman–Crippen LogP) is 1.71. The number of nitrogens with zero attached hydrogens (tertiary/aromatic N) is 2. The van der Waals surface area contributed by atoms with Gasteiger partial charge in [-0.25, -0.2) is 0 Å². The molecule has 1 N–H and O–H groups in total. The third kappa shape index (κ3) is 3.04. The molecule has 0 aromatic carbocycles. The molecule has 0 fully saturated rings. The lowest BCUT2D eigenvalue weighted by molar-refractivity contribution is 0.279. The number of hydrogen-bond donors (Lipinski definition) is 1. The van der Waals surface area contributed by atoms with Crippen molar-refractivity contribution < 1.29 is 0 Å². The molecular formula is C9H17N3S. The first kappa shape index (κ1) is 10.6. The molecule has 1 rings (SSSR count). The Morgan fingerprint density at radius 1 is 1.54 bits per heavy atom. The van der Waals surface area contributed by atoms with Crippen LogP contribution in [-0.2, 0) is 6.42 Å². The Labute approximate surface area is 83.6 Å². The molecule has 0 aliphatic heterocycles. The molecule has 0 aliphatic carbocycles. The monoisotopic (exact) mass is 199 g/mol. The lowest BCUT2D eigenvalue weighted by Crippen LogP contribution is -2.39. The van der Waals surface area contributed by atoms with Gasteiger partial charge in [-0.3, -0.25) is 0 Å². The van der Waals surface area contributed by atoms with Crippen molar-refractivity contribution in [1.29, 1.82) is 0 Å². The molecular weight excluding hydrogens is 182 g/mol. The van der Waals surface area contributed by atoms with Crippen molar-refractivity contribution in [2.24, 2.45) is 5.41 Å². The van der Waals surface area contributed by atoms with Gasteiger partial charge in [0, 0.05) is 12.5 Å². The summed E-state index contributed by atoms with van der Waals surface area (Å²) in [4.78, 5) is 0. The molecule has 74 valence electrons. The van der Waals surface area contributed by atoms with Gasteiger partial charge < -0.3 is 5.32 Å². The molecule has 0 aliphatic rings. The Kier molecular flexibility index (Phi) is 3.39. The fourth-order valence-electron chi connectivity index (χ4n) is 1.30. The third-order valence-electron chi connectivity index (χ3n) is 2.18. The number of hydrogen-bond acceptors (Lipinski definition) is 4. The van der Waals surface area contributed by atoms with Gasteiger partial charge in [0.15, 0.2) is 0 Å². The van der Waals surface area contributed by atoms with Gasteiger partial charge in [0.05, 0.1) is 0 Å². The molecule has 0 saturated heterocycles. The summed E-state index contributed by atoms with van der Waals surface area (Å²) >= 11 is 1.62. The first-order valence-electron chi connectivity index (χ1n) is 4.46. The minimum atomic E-state index is 0.264. The van der Waals surface area contributed by atoms with Gasteiger partial charge in [0.2, 0.25) is 0 Å². The number of aromatic nitrogens is 2. The minimum Gasteiger partial charge on any atom is -0.316 e. The van der Waals surface area contributed by atoms with E-state index < -0.39 is 0 Å². The highest BCUT2D eigenvalue weighted by Gasteiger charge is 2.23. The van der Waals surface area contributed by atoms with E-state index in [0.717, 1.165) is 11.4 Å². The van der Waals surface area contributed by atoms with Crippen LogP contribution in [0.5, 0.6) is 0 Å². The van der Waals surface area contributed by atoms with Gasteiger partial charge in [-0.1, -0.05) is 20.8 Å². The maximum Gasteiger partial charge on any atom is 0.118 e. The van der Waals surface area contributed by atoms with E-state index in [1.165, 1.54) is 0 Å². The molecule has 1 atom stereocenters. The SMILES string of the molecule is CNC(Cc1nncs1)C(C)(C)C. The third-order valence-corrected chi connectivity index (χ3v) is 2.90. The van der Waals surface area contributed by atoms with Crippen molar-refractivity contribution in [3.63, 3.8) is 0 Å². The van der Waals surface area contributed by atoms with E-state index in [-0.39, 0.29) is 5.41 Å². The molecule has 1 aromatic rings. The second-order valence-corrected chi connectivity index (χ2v) is 5.16. The molecule has 0 spiro atoms. The molecule has 1 unspecified atom stereocenters. The van der Waals surface area contributed by atoms with Crippen LogP contribution in [0.3, 0.4) is 0 Å². The van der Waals surface area contributed by atoms with Gasteiger partial charge in [0.25, 0.3) is 0 Å². The molecule has 0 bridgehead atoms. The van der Waals surface area contributed by atoms with Crippen LogP contribution in [0.4, 0.5) is 0 Å². The summed E-state index contributed by atoms with van der Waals surface area (Å²) < 4.78 is 0. The van der Waals surface area contributed by atoms with Gasteiger partial charge in [-0.2, -0.15) is 0 Å². The van der Waals surface area contributed by atoms with E-state index in [2.05, 4.69) is 36.3 Å². The zero-order valence-electron chi connectivity index (χ0n) is 8.66. The minimum absolute atomic E-state index is 0.264. The average Bonchev–Trinajstić information content (AvgIpc) is 2.49. The van der Waals surface area contributed by atoms with Crippen molar-refractivity contribution in [1.82, 2.24) is 15.5 Å². The highest BCUT2D eigenvalue weighted by atomic mass is 32.1. The zero-order chi connectivity index (χ0) is 9.90. The van der Waals surface area contributed by atoms with Gasteiger partial charge >= 0.3 is 0 Å². The van der Waals surface area contributed by atoms with Crippen LogP contribution in [-0.4, -0.2) is 23.3 Å². The van der Waals surface area contributed by atoms with Crippen LogP contribution < -0.4 is 5.32 Å². The van der Waals surface area contributed by atoms with Crippen molar-refractivity contribution in [3.8, 4) is 0 Å². The van der Waals surface area contributed by atoms with E-state index in [9.17, 15) is 0 Å². The van der Waals surface area contributed by atoms with Crippen molar-refractivity contribution in [3.05, 3.63) is 10.5 Å². The van der Waals surface area contributed by atoms with Crippen LogP contribution in [0.2, 0.25) is 0 Å².